The lowest BCUT2D eigenvalue weighted by Crippen LogP contribution is -2.53. The largest absolute Gasteiger partial charge is 0.396 e. The molecule has 0 spiro atoms. The Morgan fingerprint density at radius 3 is 2.73 bits per heavy atom. The summed E-state index contributed by atoms with van der Waals surface area (Å²) in [5, 5.41) is 3.28. The van der Waals surface area contributed by atoms with E-state index in [0.717, 1.165) is 0 Å². The molecule has 3 fully saturated rings. The Hall–Kier alpha value is -1.51. The molecule has 142 valence electrons. The Bertz CT molecular complexity index is 709. The van der Waals surface area contributed by atoms with Crippen LogP contribution in [0.3, 0.4) is 0 Å². The van der Waals surface area contributed by atoms with Crippen molar-refractivity contribution in [2.75, 3.05) is 18.4 Å². The molecular weight excluding hydrogens is 369 g/mol. The number of likely N-dealkylation sites (tertiary alicyclic amines) is 1. The number of carbonyl (C=O) groups excluding carboxylic acids is 1. The van der Waals surface area contributed by atoms with Crippen molar-refractivity contribution in [1.29, 1.82) is 0 Å². The molecule has 0 bridgehead atoms. The van der Waals surface area contributed by atoms with Crippen LogP contribution < -0.4 is 16.2 Å². The predicted molar refractivity (Wildman–Crippen MR) is 91.7 cm³/mol. The molecule has 1 aliphatic carbocycles. The van der Waals surface area contributed by atoms with E-state index in [1.165, 1.54) is 0 Å². The normalized spacial score (nSPS) is 30.0. The minimum Gasteiger partial charge on any atom is -0.324 e. The Labute approximate surface area is 154 Å². The molecule has 3 aliphatic rings. The lowest BCUT2D eigenvalue weighted by Gasteiger charge is -2.38. The number of halogens is 4. The van der Waals surface area contributed by atoms with Crippen molar-refractivity contribution >= 4 is 23.3 Å². The van der Waals surface area contributed by atoms with E-state index < -0.39 is 17.6 Å². The highest BCUT2D eigenvalue weighted by Crippen LogP contribution is 2.62. The molecule has 3 N–H and O–H groups in total. The van der Waals surface area contributed by atoms with Gasteiger partial charge in [0.2, 0.25) is 0 Å². The molecule has 2 heterocycles. The third-order valence-electron chi connectivity index (χ3n) is 5.82. The minimum absolute atomic E-state index is 0.0463. The van der Waals surface area contributed by atoms with E-state index in [2.05, 4.69) is 16.2 Å². The van der Waals surface area contributed by atoms with Gasteiger partial charge in [0.25, 0.3) is 0 Å². The number of nitrogens with one attached hydrogen (secondary N) is 3. The van der Waals surface area contributed by atoms with Crippen LogP contribution in [0.2, 0.25) is 5.02 Å². The Kier molecular flexibility index (Phi) is 4.32. The average Bonchev–Trinajstić information content (AvgIpc) is 3.29. The Balaban J connectivity index is 1.46. The first-order chi connectivity index (χ1) is 12.3. The summed E-state index contributed by atoms with van der Waals surface area (Å²) in [7, 11) is 0. The molecule has 1 aromatic rings. The number of fused-ring (bicyclic) bond motifs is 1. The van der Waals surface area contributed by atoms with Gasteiger partial charge < -0.3 is 10.2 Å². The van der Waals surface area contributed by atoms with E-state index >= 15 is 0 Å². The molecule has 2 amide bonds. The molecule has 3 atom stereocenters. The summed E-state index contributed by atoms with van der Waals surface area (Å²) in [5.74, 6) is -0.266. The van der Waals surface area contributed by atoms with Crippen molar-refractivity contribution in [3.05, 3.63) is 29.3 Å². The van der Waals surface area contributed by atoms with Gasteiger partial charge >= 0.3 is 12.2 Å². The second-order valence-corrected chi connectivity index (χ2v) is 7.80. The van der Waals surface area contributed by atoms with Crippen LogP contribution in [0, 0.1) is 11.3 Å². The zero-order valence-electron chi connectivity index (χ0n) is 13.9. The third kappa shape index (κ3) is 3.04. The van der Waals surface area contributed by atoms with Gasteiger partial charge in [-0.2, -0.15) is 13.2 Å². The molecular formula is C17H20ClF3N4O. The maximum atomic E-state index is 13.5. The zero-order valence-corrected chi connectivity index (χ0v) is 14.7. The monoisotopic (exact) mass is 388 g/mol. The fourth-order valence-electron chi connectivity index (χ4n) is 4.21. The second kappa shape index (κ2) is 6.28. The van der Waals surface area contributed by atoms with Crippen LogP contribution in [-0.2, 0) is 0 Å². The van der Waals surface area contributed by atoms with E-state index in [9.17, 15) is 18.0 Å². The van der Waals surface area contributed by atoms with Crippen molar-refractivity contribution in [3.63, 3.8) is 0 Å². The summed E-state index contributed by atoms with van der Waals surface area (Å²) in [6.45, 7) is 0.785. The van der Waals surface area contributed by atoms with Crippen molar-refractivity contribution in [2.24, 2.45) is 11.3 Å². The highest BCUT2D eigenvalue weighted by Gasteiger charge is 2.70. The molecule has 0 radical (unpaired) electrons. The number of hydrogen-bond donors (Lipinski definition) is 3. The zero-order chi connectivity index (χ0) is 18.5. The summed E-state index contributed by atoms with van der Waals surface area (Å²) >= 11 is 5.92. The van der Waals surface area contributed by atoms with Crippen LogP contribution in [0.25, 0.3) is 0 Å². The number of carbonyl (C=O) groups is 1. The standard InChI is InChI=1S/C17H20ClF3N4O/c18-10-2-1-3-11(8-10)22-15(26)25-7-4-13-12(9-25)14(24-23-13)16(5-6-16)17(19,20)21/h1-3,8,12-14,23-24H,4-7,9H2,(H,22,26). The maximum absolute atomic E-state index is 13.5. The van der Waals surface area contributed by atoms with Crippen LogP contribution in [0.5, 0.6) is 0 Å². The summed E-state index contributed by atoms with van der Waals surface area (Å²) in [6.07, 6.45) is -3.32. The van der Waals surface area contributed by atoms with Crippen LogP contribution >= 0.6 is 11.6 Å². The van der Waals surface area contributed by atoms with Crippen LogP contribution in [0.1, 0.15) is 19.3 Å². The number of hydrogen-bond acceptors (Lipinski definition) is 3. The molecule has 0 aromatic heterocycles. The van der Waals surface area contributed by atoms with Crippen molar-refractivity contribution in [3.8, 4) is 0 Å². The minimum atomic E-state index is -4.23. The number of amides is 2. The number of piperidine rings is 1. The van der Waals surface area contributed by atoms with Gasteiger partial charge in [0.15, 0.2) is 0 Å². The van der Waals surface area contributed by atoms with Crippen LogP contribution in [-0.4, -0.2) is 42.3 Å². The summed E-state index contributed by atoms with van der Waals surface area (Å²) in [5.41, 5.74) is 4.80. The van der Waals surface area contributed by atoms with E-state index in [4.69, 9.17) is 11.6 Å². The third-order valence-corrected chi connectivity index (χ3v) is 6.06. The number of benzene rings is 1. The first-order valence-corrected chi connectivity index (χ1v) is 9.07. The molecule has 1 saturated carbocycles. The molecule has 3 unspecified atom stereocenters. The van der Waals surface area contributed by atoms with Crippen LogP contribution in [0.15, 0.2) is 24.3 Å². The molecule has 5 nitrogen and oxygen atoms in total. The number of hydrazine groups is 1. The van der Waals surface area contributed by atoms with Gasteiger partial charge in [0.1, 0.15) is 0 Å². The van der Waals surface area contributed by atoms with Crippen molar-refractivity contribution < 1.29 is 18.0 Å². The number of alkyl halides is 3. The van der Waals surface area contributed by atoms with E-state index in [1.807, 2.05) is 0 Å². The summed E-state index contributed by atoms with van der Waals surface area (Å²) < 4.78 is 40.5. The lowest BCUT2D eigenvalue weighted by molar-refractivity contribution is -0.198. The summed E-state index contributed by atoms with van der Waals surface area (Å²) in [4.78, 5) is 14.1. The molecule has 9 heteroatoms. The molecule has 2 aliphatic heterocycles. The van der Waals surface area contributed by atoms with Gasteiger partial charge in [-0.15, -0.1) is 0 Å². The van der Waals surface area contributed by atoms with Gasteiger partial charge in [-0.05, 0) is 37.5 Å². The second-order valence-electron chi connectivity index (χ2n) is 7.37. The molecule has 2 saturated heterocycles. The molecule has 4 rings (SSSR count). The first-order valence-electron chi connectivity index (χ1n) is 8.69. The maximum Gasteiger partial charge on any atom is 0.396 e. The highest BCUT2D eigenvalue weighted by molar-refractivity contribution is 6.30. The van der Waals surface area contributed by atoms with Crippen molar-refractivity contribution in [2.45, 2.75) is 37.5 Å². The Morgan fingerprint density at radius 2 is 2.08 bits per heavy atom. The average molecular weight is 389 g/mol. The fourth-order valence-corrected chi connectivity index (χ4v) is 4.40. The first kappa shape index (κ1) is 17.9. The highest BCUT2D eigenvalue weighted by atomic mass is 35.5. The SMILES string of the molecule is O=C(Nc1cccc(Cl)c1)N1CCC2NNC(C3(C(F)(F)F)CC3)C2C1. The van der Waals surface area contributed by atoms with Crippen molar-refractivity contribution in [1.82, 2.24) is 15.8 Å². The van der Waals surface area contributed by atoms with E-state index in [-0.39, 0.29) is 30.8 Å². The fraction of sp³-hybridized carbons (Fsp3) is 0.588. The van der Waals surface area contributed by atoms with Crippen LogP contribution in [0.4, 0.5) is 23.7 Å². The predicted octanol–water partition coefficient (Wildman–Crippen LogP) is 3.38. The number of anilines is 1. The number of urea groups is 1. The van der Waals surface area contributed by atoms with Gasteiger partial charge in [-0.3, -0.25) is 10.9 Å². The quantitative estimate of drug-likeness (QED) is 0.728. The lowest BCUT2D eigenvalue weighted by atomic mass is 9.80. The molecule has 1 aromatic carbocycles. The van der Waals surface area contributed by atoms with E-state index in [0.29, 0.717) is 30.2 Å². The molecule has 26 heavy (non-hydrogen) atoms. The van der Waals surface area contributed by atoms with Gasteiger partial charge in [0.05, 0.1) is 5.41 Å². The summed E-state index contributed by atoms with van der Waals surface area (Å²) in [6, 6.07) is 5.73. The van der Waals surface area contributed by atoms with Gasteiger partial charge in [0, 0.05) is 41.8 Å². The smallest absolute Gasteiger partial charge is 0.324 e. The topological polar surface area (TPSA) is 56.4 Å². The van der Waals surface area contributed by atoms with E-state index in [1.54, 1.807) is 29.2 Å². The number of nitrogens with zero attached hydrogens (tertiary/aromatic N) is 1. The number of rotatable bonds is 2. The van der Waals surface area contributed by atoms with Gasteiger partial charge in [-0.25, -0.2) is 4.79 Å². The Morgan fingerprint density at radius 1 is 1.31 bits per heavy atom. The van der Waals surface area contributed by atoms with Gasteiger partial charge in [-0.1, -0.05) is 17.7 Å².